The highest BCUT2D eigenvalue weighted by molar-refractivity contribution is 7.80. The van der Waals surface area contributed by atoms with Crippen molar-refractivity contribution in [3.05, 3.63) is 35.9 Å². The molecule has 1 heterocycles. The summed E-state index contributed by atoms with van der Waals surface area (Å²) in [5.41, 5.74) is 6.09. The molecule has 0 bridgehead atoms. The largest absolute Gasteiger partial charge is 0.370 e. The van der Waals surface area contributed by atoms with Crippen LogP contribution in [0.4, 0.5) is 0 Å². The highest BCUT2D eigenvalue weighted by Gasteiger charge is 2.34. The molecule has 1 aromatic carbocycles. The van der Waals surface area contributed by atoms with Crippen LogP contribution in [-0.2, 0) is 16.1 Å². The number of hydrogen-bond donors (Lipinski definition) is 2. The van der Waals surface area contributed by atoms with Gasteiger partial charge in [0.15, 0.2) is 5.11 Å². The van der Waals surface area contributed by atoms with E-state index >= 15 is 0 Å². The molecule has 0 aromatic heterocycles. The van der Waals surface area contributed by atoms with Gasteiger partial charge in [-0.15, -0.1) is 0 Å². The maximum absolute atomic E-state index is 12.2. The van der Waals surface area contributed by atoms with Gasteiger partial charge in [-0.1, -0.05) is 30.3 Å². The molecular weight excluding hydrogens is 262 g/mol. The number of nitrogens with one attached hydrogen (secondary N) is 1. The average Bonchev–Trinajstić information content (AvgIpc) is 2.65. The zero-order valence-electron chi connectivity index (χ0n) is 10.3. The van der Waals surface area contributed by atoms with Crippen LogP contribution >= 0.6 is 12.2 Å². The van der Waals surface area contributed by atoms with Crippen LogP contribution in [0, 0.1) is 0 Å². The van der Waals surface area contributed by atoms with Gasteiger partial charge in [-0.25, -0.2) is 0 Å². The molecule has 1 saturated heterocycles. The first-order chi connectivity index (χ1) is 9.08. The van der Waals surface area contributed by atoms with E-state index in [1.54, 1.807) is 0 Å². The molecule has 2 rings (SSSR count). The van der Waals surface area contributed by atoms with E-state index in [-0.39, 0.29) is 12.3 Å². The molecule has 19 heavy (non-hydrogen) atoms. The highest BCUT2D eigenvalue weighted by Crippen LogP contribution is 2.15. The van der Waals surface area contributed by atoms with E-state index in [1.807, 2.05) is 30.3 Å². The Balaban J connectivity index is 2.00. The Kier molecular flexibility index (Phi) is 4.11. The molecule has 0 aliphatic carbocycles. The predicted octanol–water partition coefficient (Wildman–Crippen LogP) is 0.537. The summed E-state index contributed by atoms with van der Waals surface area (Å²) >= 11 is 5.15. The van der Waals surface area contributed by atoms with E-state index in [1.165, 1.54) is 4.90 Å². The summed E-state index contributed by atoms with van der Waals surface area (Å²) < 4.78 is 0. The van der Waals surface area contributed by atoms with E-state index < -0.39 is 11.9 Å². The number of carbonyl (C=O) groups is 2. The Bertz CT molecular complexity index is 504. The van der Waals surface area contributed by atoms with Crippen molar-refractivity contribution in [1.82, 2.24) is 10.2 Å². The Morgan fingerprint density at radius 3 is 2.68 bits per heavy atom. The highest BCUT2D eigenvalue weighted by atomic mass is 32.1. The lowest BCUT2D eigenvalue weighted by molar-refractivity contribution is -0.127. The number of hydrogen-bond acceptors (Lipinski definition) is 3. The standard InChI is InChI=1S/C13H15N3O2S/c14-11(17)7-6-10-12(18)16(13(19)15-10)8-9-4-2-1-3-5-9/h1-5,10H,6-8H2,(H2,14,17)(H,15,19)/t10-/m0/s1. The third kappa shape index (κ3) is 3.29. The zero-order valence-corrected chi connectivity index (χ0v) is 11.2. The molecule has 1 aliphatic heterocycles. The molecule has 0 radical (unpaired) electrons. The lowest BCUT2D eigenvalue weighted by Crippen LogP contribution is -2.31. The fourth-order valence-corrected chi connectivity index (χ4v) is 2.27. The first-order valence-electron chi connectivity index (χ1n) is 6.02. The van der Waals surface area contributed by atoms with Crippen molar-refractivity contribution in [3.8, 4) is 0 Å². The minimum absolute atomic E-state index is 0.102. The van der Waals surface area contributed by atoms with Crippen molar-refractivity contribution in [3.63, 3.8) is 0 Å². The van der Waals surface area contributed by atoms with Crippen LogP contribution in [0.5, 0.6) is 0 Å². The van der Waals surface area contributed by atoms with Crippen LogP contribution in [0.3, 0.4) is 0 Å². The smallest absolute Gasteiger partial charge is 0.251 e. The van der Waals surface area contributed by atoms with Crippen LogP contribution in [0.25, 0.3) is 0 Å². The number of thiocarbonyl (C=S) groups is 1. The zero-order chi connectivity index (χ0) is 13.8. The molecule has 6 heteroatoms. The van der Waals surface area contributed by atoms with Gasteiger partial charge in [-0.3, -0.25) is 14.5 Å². The van der Waals surface area contributed by atoms with Gasteiger partial charge >= 0.3 is 0 Å². The van der Waals surface area contributed by atoms with E-state index in [2.05, 4.69) is 5.32 Å². The molecule has 1 aromatic rings. The predicted molar refractivity (Wildman–Crippen MR) is 74.9 cm³/mol. The topological polar surface area (TPSA) is 75.4 Å². The molecule has 2 amide bonds. The fraction of sp³-hybridized carbons (Fsp3) is 0.308. The minimum Gasteiger partial charge on any atom is -0.370 e. The second kappa shape index (κ2) is 5.79. The van der Waals surface area contributed by atoms with Crippen molar-refractivity contribution < 1.29 is 9.59 Å². The summed E-state index contributed by atoms with van der Waals surface area (Å²) in [5.74, 6) is -0.517. The first-order valence-corrected chi connectivity index (χ1v) is 6.43. The van der Waals surface area contributed by atoms with E-state index in [4.69, 9.17) is 18.0 Å². The molecule has 3 N–H and O–H groups in total. The quantitative estimate of drug-likeness (QED) is 0.770. The summed E-state index contributed by atoms with van der Waals surface area (Å²) in [4.78, 5) is 24.4. The first kappa shape index (κ1) is 13.5. The van der Waals surface area contributed by atoms with Crippen LogP contribution in [0.1, 0.15) is 18.4 Å². The lowest BCUT2D eigenvalue weighted by atomic mass is 10.1. The van der Waals surface area contributed by atoms with Gasteiger partial charge in [0.2, 0.25) is 5.91 Å². The summed E-state index contributed by atoms with van der Waals surface area (Å²) in [6.45, 7) is 0.443. The lowest BCUT2D eigenvalue weighted by Gasteiger charge is -2.14. The monoisotopic (exact) mass is 277 g/mol. The normalized spacial score (nSPS) is 18.5. The average molecular weight is 277 g/mol. The maximum atomic E-state index is 12.2. The molecule has 0 spiro atoms. The van der Waals surface area contributed by atoms with Gasteiger partial charge < -0.3 is 11.1 Å². The Hall–Kier alpha value is -1.95. The van der Waals surface area contributed by atoms with Gasteiger partial charge in [-0.2, -0.15) is 0 Å². The number of nitrogens with two attached hydrogens (primary N) is 1. The van der Waals surface area contributed by atoms with Crippen molar-refractivity contribution in [2.75, 3.05) is 0 Å². The number of primary amides is 1. The molecule has 0 saturated carbocycles. The number of rotatable bonds is 5. The van der Waals surface area contributed by atoms with Crippen molar-refractivity contribution >= 4 is 29.1 Å². The Labute approximate surface area is 116 Å². The third-order valence-electron chi connectivity index (χ3n) is 2.97. The Morgan fingerprint density at radius 1 is 1.37 bits per heavy atom. The molecular formula is C13H15N3O2S. The van der Waals surface area contributed by atoms with Crippen molar-refractivity contribution in [1.29, 1.82) is 0 Å². The van der Waals surface area contributed by atoms with Crippen molar-refractivity contribution in [2.45, 2.75) is 25.4 Å². The number of amides is 2. The van der Waals surface area contributed by atoms with Crippen LogP contribution < -0.4 is 11.1 Å². The van der Waals surface area contributed by atoms with E-state index in [9.17, 15) is 9.59 Å². The number of nitrogens with zero attached hydrogens (tertiary/aromatic N) is 1. The van der Waals surface area contributed by atoms with Gasteiger partial charge in [0, 0.05) is 6.42 Å². The SMILES string of the molecule is NC(=O)CC[C@@H]1NC(=S)N(Cc2ccccc2)C1=O. The summed E-state index contributed by atoms with van der Waals surface area (Å²) in [5, 5.41) is 3.34. The third-order valence-corrected chi connectivity index (χ3v) is 3.31. The van der Waals surface area contributed by atoms with Gasteiger partial charge in [0.05, 0.1) is 6.54 Å². The molecule has 0 unspecified atom stereocenters. The fourth-order valence-electron chi connectivity index (χ4n) is 1.97. The van der Waals surface area contributed by atoms with Crippen LogP contribution in [-0.4, -0.2) is 27.9 Å². The number of benzene rings is 1. The molecule has 5 nitrogen and oxygen atoms in total. The minimum atomic E-state index is -0.441. The molecule has 1 aliphatic rings. The van der Waals surface area contributed by atoms with Crippen LogP contribution in [0.15, 0.2) is 30.3 Å². The van der Waals surface area contributed by atoms with Gasteiger partial charge in [-0.05, 0) is 24.2 Å². The second-order valence-corrected chi connectivity index (χ2v) is 4.80. The second-order valence-electron chi connectivity index (χ2n) is 4.42. The number of carbonyl (C=O) groups excluding carboxylic acids is 2. The van der Waals surface area contributed by atoms with Gasteiger partial charge in [0.1, 0.15) is 6.04 Å². The van der Waals surface area contributed by atoms with E-state index in [0.29, 0.717) is 18.1 Å². The van der Waals surface area contributed by atoms with E-state index in [0.717, 1.165) is 5.56 Å². The molecule has 1 fully saturated rings. The van der Waals surface area contributed by atoms with Crippen molar-refractivity contribution in [2.24, 2.45) is 5.73 Å². The van der Waals surface area contributed by atoms with Gasteiger partial charge in [0.25, 0.3) is 5.91 Å². The summed E-state index contributed by atoms with van der Waals surface area (Å²) in [7, 11) is 0. The summed E-state index contributed by atoms with van der Waals surface area (Å²) in [6, 6.07) is 9.18. The Morgan fingerprint density at radius 2 is 2.05 bits per heavy atom. The summed E-state index contributed by atoms with van der Waals surface area (Å²) in [6.07, 6.45) is 0.546. The molecule has 1 atom stereocenters. The maximum Gasteiger partial charge on any atom is 0.251 e. The molecule has 100 valence electrons. The van der Waals surface area contributed by atoms with Crippen LogP contribution in [0.2, 0.25) is 0 Å².